The lowest BCUT2D eigenvalue weighted by molar-refractivity contribution is -0.137. The topological polar surface area (TPSA) is 91.7 Å². The van der Waals surface area contributed by atoms with Crippen LogP contribution < -0.4 is 0 Å². The Bertz CT molecular complexity index is 465. The fraction of sp³-hybridized carbons (Fsp3) is 0.650. The SMILES string of the molecule is CCCCCC(O)CCC(C=O)/C(=C\C=C/CCCC(=O)O)C(C)=O. The number of aliphatic carboxylic acids is 1. The summed E-state index contributed by atoms with van der Waals surface area (Å²) in [5, 5.41) is 18.5. The van der Waals surface area contributed by atoms with Gasteiger partial charge in [0.2, 0.25) is 0 Å². The number of Topliss-reactive ketones (excluding diaryl/α,β-unsaturated/α-hetero) is 1. The van der Waals surface area contributed by atoms with Crippen LogP contribution in [-0.4, -0.2) is 34.4 Å². The molecule has 2 unspecified atom stereocenters. The van der Waals surface area contributed by atoms with Crippen molar-refractivity contribution in [3.63, 3.8) is 0 Å². The molecule has 5 heteroatoms. The third kappa shape index (κ3) is 12.3. The summed E-state index contributed by atoms with van der Waals surface area (Å²) in [6.45, 7) is 3.53. The van der Waals surface area contributed by atoms with Crippen LogP contribution in [0.25, 0.3) is 0 Å². The van der Waals surface area contributed by atoms with Crippen molar-refractivity contribution in [2.24, 2.45) is 5.92 Å². The Morgan fingerprint density at radius 3 is 2.36 bits per heavy atom. The van der Waals surface area contributed by atoms with Crippen molar-refractivity contribution >= 4 is 18.0 Å². The number of aliphatic hydroxyl groups is 1. The monoisotopic (exact) mass is 352 g/mol. The lowest BCUT2D eigenvalue weighted by atomic mass is 9.90. The molecule has 25 heavy (non-hydrogen) atoms. The number of hydrogen-bond acceptors (Lipinski definition) is 4. The number of ketones is 1. The molecule has 0 aromatic carbocycles. The first-order valence-corrected chi connectivity index (χ1v) is 9.15. The molecule has 0 heterocycles. The fourth-order valence-electron chi connectivity index (χ4n) is 2.58. The maximum atomic E-state index is 11.8. The van der Waals surface area contributed by atoms with E-state index in [4.69, 9.17) is 5.11 Å². The van der Waals surface area contributed by atoms with E-state index in [1.165, 1.54) is 6.92 Å². The molecule has 0 aliphatic rings. The zero-order chi connectivity index (χ0) is 19.1. The molecule has 5 nitrogen and oxygen atoms in total. The van der Waals surface area contributed by atoms with E-state index in [0.717, 1.165) is 32.0 Å². The lowest BCUT2D eigenvalue weighted by Gasteiger charge is -2.15. The van der Waals surface area contributed by atoms with E-state index in [1.807, 2.05) is 0 Å². The van der Waals surface area contributed by atoms with Gasteiger partial charge in [-0.3, -0.25) is 9.59 Å². The van der Waals surface area contributed by atoms with Gasteiger partial charge < -0.3 is 15.0 Å². The highest BCUT2D eigenvalue weighted by molar-refractivity contribution is 5.97. The molecular weight excluding hydrogens is 320 g/mol. The number of unbranched alkanes of at least 4 members (excludes halogenated alkanes) is 3. The molecule has 0 aromatic heterocycles. The molecule has 0 amide bonds. The van der Waals surface area contributed by atoms with Gasteiger partial charge in [-0.25, -0.2) is 0 Å². The van der Waals surface area contributed by atoms with Crippen LogP contribution in [0.3, 0.4) is 0 Å². The van der Waals surface area contributed by atoms with Crippen LogP contribution in [0.2, 0.25) is 0 Å². The minimum atomic E-state index is -0.827. The van der Waals surface area contributed by atoms with Crippen LogP contribution in [0.15, 0.2) is 23.8 Å². The van der Waals surface area contributed by atoms with Gasteiger partial charge >= 0.3 is 5.97 Å². The molecule has 0 aromatic rings. The molecule has 0 spiro atoms. The number of carbonyl (C=O) groups excluding carboxylic acids is 2. The highest BCUT2D eigenvalue weighted by Crippen LogP contribution is 2.19. The van der Waals surface area contributed by atoms with Crippen LogP contribution in [0.4, 0.5) is 0 Å². The summed E-state index contributed by atoms with van der Waals surface area (Å²) < 4.78 is 0. The van der Waals surface area contributed by atoms with Gasteiger partial charge in [-0.15, -0.1) is 0 Å². The molecule has 0 radical (unpaired) electrons. The van der Waals surface area contributed by atoms with Crippen molar-refractivity contribution in [1.82, 2.24) is 0 Å². The van der Waals surface area contributed by atoms with E-state index in [2.05, 4.69) is 6.92 Å². The van der Waals surface area contributed by atoms with Crippen molar-refractivity contribution in [2.45, 2.75) is 77.7 Å². The van der Waals surface area contributed by atoms with Gasteiger partial charge in [-0.05, 0) is 39.0 Å². The van der Waals surface area contributed by atoms with Gasteiger partial charge in [-0.2, -0.15) is 0 Å². The molecule has 2 N–H and O–H groups in total. The van der Waals surface area contributed by atoms with Crippen molar-refractivity contribution in [3.8, 4) is 0 Å². The van der Waals surface area contributed by atoms with Crippen molar-refractivity contribution in [2.75, 3.05) is 0 Å². The van der Waals surface area contributed by atoms with Gasteiger partial charge in [-0.1, -0.05) is 44.4 Å². The molecule has 142 valence electrons. The van der Waals surface area contributed by atoms with E-state index in [0.29, 0.717) is 31.3 Å². The molecular formula is C20H32O5. The van der Waals surface area contributed by atoms with Gasteiger partial charge in [0.05, 0.1) is 6.10 Å². The second-order valence-electron chi connectivity index (χ2n) is 6.36. The highest BCUT2D eigenvalue weighted by Gasteiger charge is 2.18. The molecule has 0 saturated carbocycles. The summed E-state index contributed by atoms with van der Waals surface area (Å²) in [5.41, 5.74) is 0.435. The third-order valence-corrected chi connectivity index (χ3v) is 4.10. The van der Waals surface area contributed by atoms with Crippen LogP contribution in [-0.2, 0) is 14.4 Å². The number of aliphatic hydroxyl groups excluding tert-OH is 1. The summed E-state index contributed by atoms with van der Waals surface area (Å²) in [6.07, 6.45) is 11.5. The zero-order valence-electron chi connectivity index (χ0n) is 15.4. The van der Waals surface area contributed by atoms with Crippen molar-refractivity contribution in [3.05, 3.63) is 23.8 Å². The first kappa shape index (κ1) is 23.2. The Morgan fingerprint density at radius 1 is 1.08 bits per heavy atom. The fourth-order valence-corrected chi connectivity index (χ4v) is 2.58. The van der Waals surface area contributed by atoms with E-state index < -0.39 is 18.0 Å². The molecule has 0 aliphatic heterocycles. The number of hydrogen-bond donors (Lipinski definition) is 2. The number of aldehydes is 1. The van der Waals surface area contributed by atoms with Gasteiger partial charge in [0.1, 0.15) is 6.29 Å². The second-order valence-corrected chi connectivity index (χ2v) is 6.36. The number of carbonyl (C=O) groups is 3. The number of carboxylic acids is 1. The van der Waals surface area contributed by atoms with Gasteiger partial charge in [0.15, 0.2) is 5.78 Å². The van der Waals surface area contributed by atoms with Crippen molar-refractivity contribution < 1.29 is 24.6 Å². The molecule has 0 aliphatic carbocycles. The summed E-state index contributed by atoms with van der Waals surface area (Å²) >= 11 is 0. The first-order chi connectivity index (χ1) is 11.9. The summed E-state index contributed by atoms with van der Waals surface area (Å²) in [5.74, 6) is -1.50. The molecule has 0 rings (SSSR count). The maximum absolute atomic E-state index is 11.8. The smallest absolute Gasteiger partial charge is 0.303 e. The Hall–Kier alpha value is -1.75. The molecule has 2 atom stereocenters. The Kier molecular flexibility index (Phi) is 13.6. The largest absolute Gasteiger partial charge is 0.481 e. The quantitative estimate of drug-likeness (QED) is 0.202. The summed E-state index contributed by atoms with van der Waals surface area (Å²) in [6, 6.07) is 0. The number of rotatable bonds is 15. The number of allylic oxidation sites excluding steroid dienone is 4. The van der Waals surface area contributed by atoms with Crippen LogP contribution >= 0.6 is 0 Å². The second kappa shape index (κ2) is 14.6. The van der Waals surface area contributed by atoms with E-state index in [9.17, 15) is 19.5 Å². The van der Waals surface area contributed by atoms with Crippen LogP contribution in [0.5, 0.6) is 0 Å². The number of carboxylic acid groups (broad SMARTS) is 1. The summed E-state index contributed by atoms with van der Waals surface area (Å²) in [4.78, 5) is 33.6. The third-order valence-electron chi connectivity index (χ3n) is 4.10. The zero-order valence-corrected chi connectivity index (χ0v) is 15.4. The summed E-state index contributed by atoms with van der Waals surface area (Å²) in [7, 11) is 0. The maximum Gasteiger partial charge on any atom is 0.303 e. The normalized spacial score (nSPS) is 14.4. The average molecular weight is 352 g/mol. The highest BCUT2D eigenvalue weighted by atomic mass is 16.4. The van der Waals surface area contributed by atoms with Crippen LogP contribution in [0, 0.1) is 5.92 Å². The lowest BCUT2D eigenvalue weighted by Crippen LogP contribution is -2.16. The molecule has 0 bridgehead atoms. The molecule has 0 fully saturated rings. The predicted molar refractivity (Wildman–Crippen MR) is 98.3 cm³/mol. The van der Waals surface area contributed by atoms with Crippen molar-refractivity contribution in [1.29, 1.82) is 0 Å². The Balaban J connectivity index is 4.55. The Morgan fingerprint density at radius 2 is 1.80 bits per heavy atom. The predicted octanol–water partition coefficient (Wildman–Crippen LogP) is 3.85. The Labute approximate surface area is 150 Å². The molecule has 0 saturated heterocycles. The van der Waals surface area contributed by atoms with Gasteiger partial charge in [0, 0.05) is 17.9 Å². The minimum absolute atomic E-state index is 0.112. The first-order valence-electron chi connectivity index (χ1n) is 9.15. The van der Waals surface area contributed by atoms with Gasteiger partial charge in [0.25, 0.3) is 0 Å². The van der Waals surface area contributed by atoms with E-state index in [-0.39, 0.29) is 12.2 Å². The minimum Gasteiger partial charge on any atom is -0.481 e. The van der Waals surface area contributed by atoms with Crippen LogP contribution in [0.1, 0.15) is 71.6 Å². The van der Waals surface area contributed by atoms with E-state index in [1.54, 1.807) is 18.2 Å². The standard InChI is InChI=1S/C20H32O5/c1-3-4-7-10-18(23)14-13-17(15-21)19(16(2)22)11-8-5-6-9-12-20(24)25/h5,8,11,15,17-18,23H,3-4,6-7,9-10,12-14H2,1-2H3,(H,24,25)/b8-5-,19-11-. The van der Waals surface area contributed by atoms with E-state index >= 15 is 0 Å². The average Bonchev–Trinajstić information content (AvgIpc) is 2.55.